The molecule has 0 spiro atoms. The van der Waals surface area contributed by atoms with Crippen LogP contribution in [0.2, 0.25) is 0 Å². The molecule has 66 valence electrons. The Morgan fingerprint density at radius 2 is 2.27 bits per heavy atom. The van der Waals surface area contributed by atoms with Gasteiger partial charge in [0.25, 0.3) is 0 Å². The first-order valence-electron chi connectivity index (χ1n) is 3.56. The lowest BCUT2D eigenvalue weighted by Crippen LogP contribution is -2.40. The van der Waals surface area contributed by atoms with Crippen molar-refractivity contribution < 1.29 is 9.90 Å². The summed E-state index contributed by atoms with van der Waals surface area (Å²) in [6, 6.07) is -0.148. The fraction of sp³-hybridized carbons (Fsp3) is 0.857. The largest absolute Gasteiger partial charge is 0.481 e. The third-order valence-electron chi connectivity index (χ3n) is 2.52. The van der Waals surface area contributed by atoms with E-state index in [0.29, 0.717) is 0 Å². The first-order chi connectivity index (χ1) is 4.57. The first kappa shape index (κ1) is 10.7. The van der Waals surface area contributed by atoms with Crippen LogP contribution in [0.15, 0.2) is 0 Å². The lowest BCUT2D eigenvalue weighted by Gasteiger charge is -2.22. The molecule has 1 saturated carbocycles. The van der Waals surface area contributed by atoms with Crippen LogP contribution in [0.25, 0.3) is 0 Å². The fourth-order valence-electron chi connectivity index (χ4n) is 1.46. The molecular weight excluding hydrogens is 166 g/mol. The molecule has 0 bridgehead atoms. The van der Waals surface area contributed by atoms with E-state index in [1.165, 1.54) is 0 Å². The highest BCUT2D eigenvalue weighted by atomic mass is 35.5. The van der Waals surface area contributed by atoms with E-state index in [2.05, 4.69) is 0 Å². The van der Waals surface area contributed by atoms with Crippen molar-refractivity contribution in [1.29, 1.82) is 0 Å². The van der Waals surface area contributed by atoms with Gasteiger partial charge in [0.1, 0.15) is 0 Å². The highest BCUT2D eigenvalue weighted by Gasteiger charge is 2.42. The molecule has 0 aliphatic heterocycles. The van der Waals surface area contributed by atoms with E-state index in [0.717, 1.165) is 19.3 Å². The number of halogens is 1. The summed E-state index contributed by atoms with van der Waals surface area (Å²) in [7, 11) is 0. The van der Waals surface area contributed by atoms with E-state index < -0.39 is 11.4 Å². The fourth-order valence-corrected chi connectivity index (χ4v) is 1.46. The van der Waals surface area contributed by atoms with Gasteiger partial charge in [0.2, 0.25) is 0 Å². The zero-order valence-electron chi connectivity index (χ0n) is 6.54. The lowest BCUT2D eigenvalue weighted by molar-refractivity contribution is -0.148. The van der Waals surface area contributed by atoms with Gasteiger partial charge in [-0.2, -0.15) is 0 Å². The van der Waals surface area contributed by atoms with E-state index in [4.69, 9.17) is 10.8 Å². The molecule has 1 rings (SSSR count). The normalized spacial score (nSPS) is 36.4. The van der Waals surface area contributed by atoms with Gasteiger partial charge in [0, 0.05) is 6.04 Å². The number of hydrogen-bond acceptors (Lipinski definition) is 2. The molecule has 0 aromatic heterocycles. The Morgan fingerprint density at radius 1 is 1.73 bits per heavy atom. The SMILES string of the molecule is CC1(C(=O)O)CCCC1N.Cl. The molecule has 1 aliphatic carbocycles. The van der Waals surface area contributed by atoms with Crippen LogP contribution in [0.4, 0.5) is 0 Å². The van der Waals surface area contributed by atoms with Crippen molar-refractivity contribution in [2.75, 3.05) is 0 Å². The van der Waals surface area contributed by atoms with Gasteiger partial charge in [-0.05, 0) is 19.8 Å². The van der Waals surface area contributed by atoms with Crippen LogP contribution >= 0.6 is 12.4 Å². The Kier molecular flexibility index (Phi) is 3.32. The van der Waals surface area contributed by atoms with Crippen molar-refractivity contribution in [2.24, 2.45) is 11.1 Å². The predicted octanol–water partition coefficient (Wildman–Crippen LogP) is 1.01. The monoisotopic (exact) mass is 179 g/mol. The molecule has 1 fully saturated rings. The maximum atomic E-state index is 10.7. The summed E-state index contributed by atoms with van der Waals surface area (Å²) in [5.41, 5.74) is 4.98. The third kappa shape index (κ3) is 1.65. The summed E-state index contributed by atoms with van der Waals surface area (Å²) in [5.74, 6) is -0.752. The molecule has 2 atom stereocenters. The second-order valence-corrected chi connectivity index (χ2v) is 3.22. The number of aliphatic carboxylic acids is 1. The molecule has 11 heavy (non-hydrogen) atoms. The van der Waals surface area contributed by atoms with Crippen molar-refractivity contribution in [1.82, 2.24) is 0 Å². The lowest BCUT2D eigenvalue weighted by atomic mass is 9.86. The summed E-state index contributed by atoms with van der Waals surface area (Å²) >= 11 is 0. The topological polar surface area (TPSA) is 63.3 Å². The van der Waals surface area contributed by atoms with E-state index in [-0.39, 0.29) is 18.4 Å². The zero-order chi connectivity index (χ0) is 7.78. The van der Waals surface area contributed by atoms with Gasteiger partial charge in [0.15, 0.2) is 0 Å². The smallest absolute Gasteiger partial charge is 0.310 e. The van der Waals surface area contributed by atoms with Gasteiger partial charge in [-0.15, -0.1) is 12.4 Å². The number of carboxylic acids is 1. The summed E-state index contributed by atoms with van der Waals surface area (Å²) in [4.78, 5) is 10.7. The minimum Gasteiger partial charge on any atom is -0.481 e. The van der Waals surface area contributed by atoms with Gasteiger partial charge in [-0.25, -0.2) is 0 Å². The quantitative estimate of drug-likeness (QED) is 0.632. The van der Waals surface area contributed by atoms with Crippen LogP contribution in [-0.4, -0.2) is 17.1 Å². The molecule has 0 heterocycles. The summed E-state index contributed by atoms with van der Waals surface area (Å²) in [5, 5.41) is 8.76. The molecule has 0 saturated heterocycles. The molecular formula is C7H14ClNO2. The van der Waals surface area contributed by atoms with Crippen LogP contribution in [0.3, 0.4) is 0 Å². The van der Waals surface area contributed by atoms with Crippen LogP contribution in [-0.2, 0) is 4.79 Å². The standard InChI is InChI=1S/C7H13NO2.ClH/c1-7(6(9)10)4-2-3-5(7)8;/h5H,2-4,8H2,1H3,(H,9,10);1H. The number of nitrogens with two attached hydrogens (primary N) is 1. The maximum absolute atomic E-state index is 10.7. The van der Waals surface area contributed by atoms with Gasteiger partial charge in [-0.1, -0.05) is 6.42 Å². The molecule has 0 radical (unpaired) electrons. The molecule has 3 nitrogen and oxygen atoms in total. The molecule has 2 unspecified atom stereocenters. The Labute approximate surface area is 72.4 Å². The van der Waals surface area contributed by atoms with Gasteiger partial charge >= 0.3 is 5.97 Å². The Bertz CT molecular complexity index is 163. The van der Waals surface area contributed by atoms with Crippen molar-refractivity contribution >= 4 is 18.4 Å². The maximum Gasteiger partial charge on any atom is 0.310 e. The minimum absolute atomic E-state index is 0. The highest BCUT2D eigenvalue weighted by Crippen LogP contribution is 2.36. The predicted molar refractivity (Wildman–Crippen MR) is 44.8 cm³/mol. The second kappa shape index (κ2) is 3.41. The van der Waals surface area contributed by atoms with Gasteiger partial charge in [0.05, 0.1) is 5.41 Å². The third-order valence-corrected chi connectivity index (χ3v) is 2.52. The Morgan fingerprint density at radius 3 is 2.45 bits per heavy atom. The molecule has 3 N–H and O–H groups in total. The van der Waals surface area contributed by atoms with E-state index in [1.807, 2.05) is 0 Å². The average molecular weight is 180 g/mol. The number of hydrogen-bond donors (Lipinski definition) is 2. The molecule has 4 heteroatoms. The van der Waals surface area contributed by atoms with E-state index in [9.17, 15) is 4.79 Å². The second-order valence-electron chi connectivity index (χ2n) is 3.22. The summed E-state index contributed by atoms with van der Waals surface area (Å²) < 4.78 is 0. The van der Waals surface area contributed by atoms with Crippen LogP contribution < -0.4 is 5.73 Å². The highest BCUT2D eigenvalue weighted by molar-refractivity contribution is 5.85. The number of carbonyl (C=O) groups is 1. The summed E-state index contributed by atoms with van der Waals surface area (Å²) in [6.07, 6.45) is 2.52. The van der Waals surface area contributed by atoms with E-state index in [1.54, 1.807) is 6.92 Å². The Hall–Kier alpha value is -0.280. The van der Waals surface area contributed by atoms with E-state index >= 15 is 0 Å². The molecule has 0 aromatic rings. The van der Waals surface area contributed by atoms with Crippen LogP contribution in [0.1, 0.15) is 26.2 Å². The van der Waals surface area contributed by atoms with Crippen molar-refractivity contribution in [3.8, 4) is 0 Å². The minimum atomic E-state index is -0.752. The Balaban J connectivity index is 0.000001000. The van der Waals surface area contributed by atoms with Gasteiger partial charge < -0.3 is 10.8 Å². The zero-order valence-corrected chi connectivity index (χ0v) is 7.36. The van der Waals surface area contributed by atoms with Crippen molar-refractivity contribution in [3.63, 3.8) is 0 Å². The van der Waals surface area contributed by atoms with Crippen LogP contribution in [0.5, 0.6) is 0 Å². The first-order valence-corrected chi connectivity index (χ1v) is 3.56. The molecule has 1 aliphatic rings. The number of rotatable bonds is 1. The summed E-state index contributed by atoms with van der Waals surface area (Å²) in [6.45, 7) is 1.73. The molecule has 0 amide bonds. The van der Waals surface area contributed by atoms with Crippen LogP contribution in [0, 0.1) is 5.41 Å². The molecule has 0 aromatic carbocycles. The average Bonchev–Trinajstić information content (AvgIpc) is 2.15. The van der Waals surface area contributed by atoms with Crippen molar-refractivity contribution in [2.45, 2.75) is 32.2 Å². The van der Waals surface area contributed by atoms with Gasteiger partial charge in [-0.3, -0.25) is 4.79 Å². The van der Waals surface area contributed by atoms with Crippen molar-refractivity contribution in [3.05, 3.63) is 0 Å². The number of carboxylic acid groups (broad SMARTS) is 1.